The van der Waals surface area contributed by atoms with E-state index in [2.05, 4.69) is 12.2 Å². The van der Waals surface area contributed by atoms with Gasteiger partial charge in [0.05, 0.1) is 0 Å². The highest BCUT2D eigenvalue weighted by Gasteiger charge is 2.28. The van der Waals surface area contributed by atoms with Crippen molar-refractivity contribution in [2.75, 3.05) is 6.54 Å². The molecule has 1 aromatic carbocycles. The van der Waals surface area contributed by atoms with Gasteiger partial charge in [0.2, 0.25) is 0 Å². The Morgan fingerprint density at radius 1 is 1.43 bits per heavy atom. The molecule has 1 aromatic rings. The lowest BCUT2D eigenvalue weighted by atomic mass is 9.88. The van der Waals surface area contributed by atoms with E-state index in [1.807, 2.05) is 24.3 Å². The zero-order valence-electron chi connectivity index (χ0n) is 8.03. The molecule has 0 spiro atoms. The molecule has 3 nitrogen and oxygen atoms in total. The minimum atomic E-state index is -0.802. The van der Waals surface area contributed by atoms with Crippen molar-refractivity contribution in [2.24, 2.45) is 0 Å². The molecule has 2 rings (SSSR count). The normalized spacial score (nSPS) is 25.5. The molecule has 1 aliphatic rings. The monoisotopic (exact) mass is 191 g/mol. The second kappa shape index (κ2) is 3.42. The first-order chi connectivity index (χ1) is 6.70. The van der Waals surface area contributed by atoms with Crippen molar-refractivity contribution in [1.82, 2.24) is 5.32 Å². The molecule has 0 saturated heterocycles. The molecule has 0 bridgehead atoms. The van der Waals surface area contributed by atoms with E-state index in [1.54, 1.807) is 0 Å². The summed E-state index contributed by atoms with van der Waals surface area (Å²) >= 11 is 0. The first-order valence-electron chi connectivity index (χ1n) is 4.75. The van der Waals surface area contributed by atoms with E-state index in [1.165, 1.54) is 0 Å². The summed E-state index contributed by atoms with van der Waals surface area (Å²) in [5, 5.41) is 12.0. The fourth-order valence-corrected chi connectivity index (χ4v) is 1.96. The van der Waals surface area contributed by atoms with Crippen LogP contribution < -0.4 is 5.32 Å². The first-order valence-corrected chi connectivity index (χ1v) is 4.75. The molecule has 0 unspecified atom stereocenters. The van der Waals surface area contributed by atoms with Gasteiger partial charge in [-0.15, -0.1) is 0 Å². The summed E-state index contributed by atoms with van der Waals surface area (Å²) in [4.78, 5) is 11.0. The molecule has 0 amide bonds. The average molecular weight is 191 g/mol. The Bertz CT molecular complexity index is 362. The van der Waals surface area contributed by atoms with Gasteiger partial charge in [-0.2, -0.15) is 0 Å². The minimum Gasteiger partial charge on any atom is -0.480 e. The van der Waals surface area contributed by atoms with Crippen LogP contribution in [0.25, 0.3) is 0 Å². The molecule has 1 aliphatic heterocycles. The number of carboxylic acid groups (broad SMARTS) is 1. The molecule has 0 aromatic heterocycles. The third kappa shape index (κ3) is 1.40. The van der Waals surface area contributed by atoms with Crippen molar-refractivity contribution in [3.8, 4) is 0 Å². The molecule has 0 saturated carbocycles. The average Bonchev–Trinajstić information content (AvgIpc) is 2.18. The van der Waals surface area contributed by atoms with Gasteiger partial charge < -0.3 is 10.4 Å². The van der Waals surface area contributed by atoms with Crippen LogP contribution in [0.15, 0.2) is 24.3 Å². The van der Waals surface area contributed by atoms with Gasteiger partial charge in [-0.3, -0.25) is 4.79 Å². The van der Waals surface area contributed by atoms with Gasteiger partial charge in [0.1, 0.15) is 6.04 Å². The molecule has 0 aliphatic carbocycles. The topological polar surface area (TPSA) is 49.3 Å². The lowest BCUT2D eigenvalue weighted by molar-refractivity contribution is -0.139. The number of carbonyl (C=O) groups is 1. The van der Waals surface area contributed by atoms with Crippen LogP contribution in [0.1, 0.15) is 30.0 Å². The van der Waals surface area contributed by atoms with Gasteiger partial charge in [-0.1, -0.05) is 31.2 Å². The van der Waals surface area contributed by atoms with Crippen molar-refractivity contribution < 1.29 is 9.90 Å². The van der Waals surface area contributed by atoms with Crippen LogP contribution in [0.3, 0.4) is 0 Å². The summed E-state index contributed by atoms with van der Waals surface area (Å²) in [6.45, 7) is 2.83. The summed E-state index contributed by atoms with van der Waals surface area (Å²) in [7, 11) is 0. The predicted octanol–water partition coefficient (Wildman–Crippen LogP) is 1.52. The van der Waals surface area contributed by atoms with Gasteiger partial charge >= 0.3 is 5.97 Å². The number of benzene rings is 1. The Morgan fingerprint density at radius 2 is 2.07 bits per heavy atom. The predicted molar refractivity (Wildman–Crippen MR) is 53.2 cm³/mol. The molecular weight excluding hydrogens is 178 g/mol. The van der Waals surface area contributed by atoms with Crippen LogP contribution in [0.2, 0.25) is 0 Å². The maximum absolute atomic E-state index is 11.0. The van der Waals surface area contributed by atoms with Crippen LogP contribution >= 0.6 is 0 Å². The van der Waals surface area contributed by atoms with Crippen molar-refractivity contribution in [3.05, 3.63) is 35.4 Å². The van der Waals surface area contributed by atoms with Crippen molar-refractivity contribution in [2.45, 2.75) is 18.9 Å². The van der Waals surface area contributed by atoms with Gasteiger partial charge in [0, 0.05) is 6.54 Å². The van der Waals surface area contributed by atoms with E-state index < -0.39 is 12.0 Å². The van der Waals surface area contributed by atoms with Crippen molar-refractivity contribution in [1.29, 1.82) is 0 Å². The highest BCUT2D eigenvalue weighted by molar-refractivity contribution is 5.76. The second-order valence-corrected chi connectivity index (χ2v) is 3.71. The zero-order chi connectivity index (χ0) is 10.1. The Kier molecular flexibility index (Phi) is 2.25. The number of carboxylic acids is 1. The minimum absolute atomic E-state index is 0.391. The van der Waals surface area contributed by atoms with E-state index in [0.717, 1.165) is 17.7 Å². The fourth-order valence-electron chi connectivity index (χ4n) is 1.96. The Hall–Kier alpha value is -1.35. The van der Waals surface area contributed by atoms with Crippen LogP contribution in [0.4, 0.5) is 0 Å². The number of fused-ring (bicyclic) bond motifs is 1. The first kappa shape index (κ1) is 9.21. The van der Waals surface area contributed by atoms with Gasteiger partial charge in [-0.05, 0) is 17.0 Å². The summed E-state index contributed by atoms with van der Waals surface area (Å²) in [5.74, 6) is -0.411. The second-order valence-electron chi connectivity index (χ2n) is 3.71. The maximum atomic E-state index is 11.0. The number of hydrogen-bond donors (Lipinski definition) is 2. The van der Waals surface area contributed by atoms with E-state index in [4.69, 9.17) is 5.11 Å². The van der Waals surface area contributed by atoms with E-state index in [9.17, 15) is 4.79 Å². The molecule has 0 radical (unpaired) electrons. The largest absolute Gasteiger partial charge is 0.480 e. The van der Waals surface area contributed by atoms with E-state index in [0.29, 0.717) is 5.92 Å². The maximum Gasteiger partial charge on any atom is 0.325 e. The lowest BCUT2D eigenvalue weighted by Crippen LogP contribution is -2.36. The number of hydrogen-bond acceptors (Lipinski definition) is 2. The molecule has 2 N–H and O–H groups in total. The molecule has 3 heteroatoms. The Labute approximate surface area is 82.8 Å². The van der Waals surface area contributed by atoms with Crippen molar-refractivity contribution >= 4 is 5.97 Å². The quantitative estimate of drug-likeness (QED) is 0.707. The standard InChI is InChI=1S/C11H13NO2/c1-7-6-12-10(11(13)14)9-5-3-2-4-8(7)9/h2-5,7,10,12H,6H2,1H3,(H,13,14)/t7-,10+/m0/s1. The van der Waals surface area contributed by atoms with Gasteiger partial charge in [-0.25, -0.2) is 0 Å². The smallest absolute Gasteiger partial charge is 0.325 e. The molecule has 1 heterocycles. The third-order valence-corrected chi connectivity index (χ3v) is 2.71. The van der Waals surface area contributed by atoms with E-state index in [-0.39, 0.29) is 0 Å². The Morgan fingerprint density at radius 3 is 2.71 bits per heavy atom. The summed E-state index contributed by atoms with van der Waals surface area (Å²) in [6.07, 6.45) is 0. The number of aliphatic carboxylic acids is 1. The molecular formula is C11H13NO2. The highest BCUT2D eigenvalue weighted by atomic mass is 16.4. The lowest BCUT2D eigenvalue weighted by Gasteiger charge is -2.28. The number of nitrogens with one attached hydrogen (secondary N) is 1. The van der Waals surface area contributed by atoms with Crippen LogP contribution in [-0.2, 0) is 4.79 Å². The molecule has 74 valence electrons. The van der Waals surface area contributed by atoms with Gasteiger partial charge in [0.25, 0.3) is 0 Å². The van der Waals surface area contributed by atoms with Crippen LogP contribution in [0, 0.1) is 0 Å². The van der Waals surface area contributed by atoms with Gasteiger partial charge in [0.15, 0.2) is 0 Å². The molecule has 0 fully saturated rings. The molecule has 14 heavy (non-hydrogen) atoms. The fraction of sp³-hybridized carbons (Fsp3) is 0.364. The molecule has 2 atom stereocenters. The third-order valence-electron chi connectivity index (χ3n) is 2.71. The van der Waals surface area contributed by atoms with Crippen LogP contribution in [-0.4, -0.2) is 17.6 Å². The van der Waals surface area contributed by atoms with Crippen LogP contribution in [0.5, 0.6) is 0 Å². The highest BCUT2D eigenvalue weighted by Crippen LogP contribution is 2.29. The zero-order valence-corrected chi connectivity index (χ0v) is 8.03. The SMILES string of the molecule is C[C@H]1CN[C@@H](C(=O)O)c2ccccc21. The summed E-state index contributed by atoms with van der Waals surface area (Å²) in [5.41, 5.74) is 2.05. The Balaban J connectivity index is 2.46. The summed E-state index contributed by atoms with van der Waals surface area (Å²) in [6, 6.07) is 7.20. The van der Waals surface area contributed by atoms with Crippen molar-refractivity contribution in [3.63, 3.8) is 0 Å². The number of rotatable bonds is 1. The van der Waals surface area contributed by atoms with E-state index >= 15 is 0 Å². The summed E-state index contributed by atoms with van der Waals surface area (Å²) < 4.78 is 0.